The summed E-state index contributed by atoms with van der Waals surface area (Å²) in [6.45, 7) is 2.75. The van der Waals surface area contributed by atoms with Crippen LogP contribution < -0.4 is 4.31 Å². The summed E-state index contributed by atoms with van der Waals surface area (Å²) in [7, 11) is -7.28. The Morgan fingerprint density at radius 3 is 1.95 bits per heavy atom. The van der Waals surface area contributed by atoms with Crippen molar-refractivity contribution in [1.29, 1.82) is 0 Å². The molecule has 11 heteroatoms. The molecule has 4 rings (SSSR count). The number of halogens is 1. The number of hydrogen-bond acceptors (Lipinski definition) is 5. The largest absolute Gasteiger partial charge is 0.336 e. The molecule has 1 aliphatic heterocycles. The predicted molar refractivity (Wildman–Crippen MR) is 140 cm³/mol. The first-order chi connectivity index (χ1) is 17.4. The van der Waals surface area contributed by atoms with Crippen LogP contribution in [-0.4, -0.2) is 64.4 Å². The Kier molecular flexibility index (Phi) is 7.67. The van der Waals surface area contributed by atoms with Crippen molar-refractivity contribution in [2.24, 2.45) is 0 Å². The van der Waals surface area contributed by atoms with Crippen molar-refractivity contribution in [3.05, 3.63) is 95.3 Å². The first-order valence-electron chi connectivity index (χ1n) is 11.6. The highest BCUT2D eigenvalue weighted by Crippen LogP contribution is 2.23. The van der Waals surface area contributed by atoms with Gasteiger partial charge in [-0.2, -0.15) is 4.31 Å². The normalized spacial score (nSPS) is 14.9. The number of aryl methyl sites for hydroxylation is 1. The number of anilines is 1. The van der Waals surface area contributed by atoms with Crippen molar-refractivity contribution in [2.75, 3.05) is 36.7 Å². The number of rotatable bonds is 7. The van der Waals surface area contributed by atoms with E-state index < -0.39 is 25.9 Å². The summed E-state index contributed by atoms with van der Waals surface area (Å²) in [4.78, 5) is 14.9. The minimum absolute atomic E-state index is 0.0177. The quantitative estimate of drug-likeness (QED) is 0.454. The zero-order valence-corrected chi connectivity index (χ0v) is 22.2. The molecule has 1 amide bonds. The van der Waals surface area contributed by atoms with Crippen LogP contribution in [0.25, 0.3) is 0 Å². The van der Waals surface area contributed by atoms with Gasteiger partial charge in [0.15, 0.2) is 0 Å². The average Bonchev–Trinajstić information content (AvgIpc) is 2.88. The molecule has 0 radical (unpaired) electrons. The van der Waals surface area contributed by atoms with Crippen LogP contribution in [0.3, 0.4) is 0 Å². The fraction of sp³-hybridized carbons (Fsp3) is 0.269. The topological polar surface area (TPSA) is 95.1 Å². The highest BCUT2D eigenvalue weighted by molar-refractivity contribution is 7.92. The molecule has 37 heavy (non-hydrogen) atoms. The minimum Gasteiger partial charge on any atom is -0.336 e. The molecule has 196 valence electrons. The maximum atomic E-state index is 13.2. The summed E-state index contributed by atoms with van der Waals surface area (Å²) in [6.07, 6.45) is 1.08. The summed E-state index contributed by atoms with van der Waals surface area (Å²) in [5.74, 6) is -0.672. The molecule has 0 spiro atoms. The molecule has 0 unspecified atom stereocenters. The van der Waals surface area contributed by atoms with Gasteiger partial charge in [0.25, 0.3) is 5.91 Å². The van der Waals surface area contributed by atoms with Crippen LogP contribution in [0.1, 0.15) is 21.5 Å². The van der Waals surface area contributed by atoms with Gasteiger partial charge in [0.05, 0.1) is 23.4 Å². The Morgan fingerprint density at radius 2 is 1.41 bits per heavy atom. The Labute approximate surface area is 217 Å². The van der Waals surface area contributed by atoms with Crippen LogP contribution in [0.15, 0.2) is 77.7 Å². The molecular formula is C26H28FN3O5S2. The van der Waals surface area contributed by atoms with E-state index in [1.54, 1.807) is 53.4 Å². The maximum absolute atomic E-state index is 13.2. The van der Waals surface area contributed by atoms with E-state index in [9.17, 15) is 26.0 Å². The van der Waals surface area contributed by atoms with E-state index in [-0.39, 0.29) is 43.5 Å². The maximum Gasteiger partial charge on any atom is 0.253 e. The lowest BCUT2D eigenvalue weighted by molar-refractivity contribution is 0.0698. The average molecular weight is 546 g/mol. The smallest absolute Gasteiger partial charge is 0.253 e. The molecule has 1 fully saturated rings. The molecule has 0 aliphatic carbocycles. The first kappa shape index (κ1) is 26.8. The summed E-state index contributed by atoms with van der Waals surface area (Å²) in [5.41, 5.74) is 2.33. The van der Waals surface area contributed by atoms with Crippen LogP contribution in [0, 0.1) is 12.7 Å². The van der Waals surface area contributed by atoms with E-state index in [0.29, 0.717) is 16.8 Å². The summed E-state index contributed by atoms with van der Waals surface area (Å²) >= 11 is 0. The van der Waals surface area contributed by atoms with Crippen molar-refractivity contribution >= 4 is 31.6 Å². The number of carbonyl (C=O) groups is 1. The van der Waals surface area contributed by atoms with E-state index in [0.717, 1.165) is 11.8 Å². The third-order valence-electron chi connectivity index (χ3n) is 6.23. The fourth-order valence-electron chi connectivity index (χ4n) is 4.10. The minimum atomic E-state index is -3.64. The van der Waals surface area contributed by atoms with Crippen molar-refractivity contribution in [3.63, 3.8) is 0 Å². The van der Waals surface area contributed by atoms with Crippen LogP contribution in [0.2, 0.25) is 0 Å². The van der Waals surface area contributed by atoms with Crippen molar-refractivity contribution in [3.8, 4) is 0 Å². The van der Waals surface area contributed by atoms with Gasteiger partial charge < -0.3 is 4.90 Å². The molecule has 0 bridgehead atoms. The molecule has 8 nitrogen and oxygen atoms in total. The summed E-state index contributed by atoms with van der Waals surface area (Å²) in [6, 6.07) is 18.4. The third-order valence-corrected chi connectivity index (χ3v) is 9.28. The number of benzene rings is 3. The van der Waals surface area contributed by atoms with Crippen molar-refractivity contribution in [2.45, 2.75) is 18.4 Å². The number of piperazine rings is 1. The standard InChI is InChI=1S/C26H28FN3O5S2/c1-20-3-13-25(14-4-20)37(34,35)29-17-15-28(16-18-29)26(31)22-7-11-24(12-8-22)30(36(2,32)33)19-21-5-9-23(27)10-6-21/h3-14H,15-19H2,1-2H3. The van der Waals surface area contributed by atoms with Gasteiger partial charge in [-0.05, 0) is 61.0 Å². The van der Waals surface area contributed by atoms with Gasteiger partial charge in [-0.25, -0.2) is 21.2 Å². The lowest BCUT2D eigenvalue weighted by atomic mass is 10.1. The molecular weight excluding hydrogens is 517 g/mol. The summed E-state index contributed by atoms with van der Waals surface area (Å²) < 4.78 is 66.5. The number of nitrogens with zero attached hydrogens (tertiary/aromatic N) is 3. The first-order valence-corrected chi connectivity index (χ1v) is 14.9. The molecule has 0 aromatic heterocycles. The number of amides is 1. The van der Waals surface area contributed by atoms with Crippen molar-refractivity contribution < 1.29 is 26.0 Å². The number of hydrogen-bond donors (Lipinski definition) is 0. The number of carbonyl (C=O) groups excluding carboxylic acids is 1. The Balaban J connectivity index is 1.43. The lowest BCUT2D eigenvalue weighted by Crippen LogP contribution is -2.50. The highest BCUT2D eigenvalue weighted by atomic mass is 32.2. The van der Waals surface area contributed by atoms with E-state index in [4.69, 9.17) is 0 Å². The monoisotopic (exact) mass is 545 g/mol. The van der Waals surface area contributed by atoms with Gasteiger partial charge in [-0.1, -0.05) is 29.8 Å². The lowest BCUT2D eigenvalue weighted by Gasteiger charge is -2.34. The molecule has 0 saturated carbocycles. The highest BCUT2D eigenvalue weighted by Gasteiger charge is 2.30. The molecule has 0 atom stereocenters. The second-order valence-electron chi connectivity index (χ2n) is 8.95. The Bertz CT molecular complexity index is 1470. The molecule has 1 saturated heterocycles. The van der Waals surface area contributed by atoms with Gasteiger partial charge in [0, 0.05) is 31.7 Å². The van der Waals surface area contributed by atoms with Gasteiger partial charge in [-0.15, -0.1) is 0 Å². The SMILES string of the molecule is Cc1ccc(S(=O)(=O)N2CCN(C(=O)c3ccc(N(Cc4ccc(F)cc4)S(C)(=O)=O)cc3)CC2)cc1. The van der Waals surface area contributed by atoms with E-state index >= 15 is 0 Å². The van der Waals surface area contributed by atoms with Crippen molar-refractivity contribution in [1.82, 2.24) is 9.21 Å². The molecule has 1 heterocycles. The van der Waals surface area contributed by atoms with Crippen LogP contribution in [-0.2, 0) is 26.6 Å². The molecule has 0 N–H and O–H groups in total. The Hall–Kier alpha value is -3.28. The van der Waals surface area contributed by atoms with Crippen LogP contribution in [0.5, 0.6) is 0 Å². The van der Waals surface area contributed by atoms with Gasteiger partial charge in [0.1, 0.15) is 5.82 Å². The zero-order valence-electron chi connectivity index (χ0n) is 20.5. The third kappa shape index (κ3) is 6.17. The Morgan fingerprint density at radius 1 is 0.838 bits per heavy atom. The van der Waals surface area contributed by atoms with Gasteiger partial charge in [-0.3, -0.25) is 9.10 Å². The van der Waals surface area contributed by atoms with E-state index in [2.05, 4.69) is 0 Å². The molecule has 3 aromatic carbocycles. The van der Waals surface area contributed by atoms with E-state index in [1.165, 1.54) is 32.9 Å². The fourth-order valence-corrected chi connectivity index (χ4v) is 6.41. The second-order valence-corrected chi connectivity index (χ2v) is 12.8. The van der Waals surface area contributed by atoms with Gasteiger partial charge in [0.2, 0.25) is 20.0 Å². The number of sulfonamides is 2. The predicted octanol–water partition coefficient (Wildman–Crippen LogP) is 3.25. The molecule has 3 aromatic rings. The van der Waals surface area contributed by atoms with Crippen LogP contribution >= 0.6 is 0 Å². The van der Waals surface area contributed by atoms with Crippen LogP contribution in [0.4, 0.5) is 10.1 Å². The summed E-state index contributed by atoms with van der Waals surface area (Å²) in [5, 5.41) is 0. The van der Waals surface area contributed by atoms with E-state index in [1.807, 2.05) is 6.92 Å². The van der Waals surface area contributed by atoms with Gasteiger partial charge >= 0.3 is 0 Å². The second kappa shape index (κ2) is 10.6. The molecule has 1 aliphatic rings. The zero-order chi connectivity index (χ0) is 26.8.